The molecule has 11 nitrogen and oxygen atoms in total. The Morgan fingerprint density at radius 3 is 2.64 bits per heavy atom. The summed E-state index contributed by atoms with van der Waals surface area (Å²) in [6, 6.07) is 8.54. The maximum Gasteiger partial charge on any atom is 0.296 e. The molecule has 0 aliphatic carbocycles. The van der Waals surface area contributed by atoms with E-state index in [-0.39, 0.29) is 41.8 Å². The number of carbonyl (C=O) groups is 2. The summed E-state index contributed by atoms with van der Waals surface area (Å²) in [5.41, 5.74) is 0.980. The van der Waals surface area contributed by atoms with Crippen LogP contribution in [0.3, 0.4) is 0 Å². The Labute approximate surface area is 223 Å². The SMILES string of the molecule is CN1CC(C(=O)N2CC[C@H](Nc3cc(-n4c(C(F)F)nc5ccccc54)nc(N4CCOCC4)n3)C2)CC1=O. The molecule has 2 aromatic heterocycles. The number of alkyl halides is 2. The number of hydrogen-bond donors (Lipinski definition) is 1. The van der Waals surface area contributed by atoms with Gasteiger partial charge in [-0.1, -0.05) is 12.1 Å². The van der Waals surface area contributed by atoms with E-state index in [1.807, 2.05) is 4.90 Å². The molecule has 3 aliphatic heterocycles. The summed E-state index contributed by atoms with van der Waals surface area (Å²) in [5.74, 6) is 0.452. The molecule has 2 atom stereocenters. The third kappa shape index (κ3) is 4.98. The Kier molecular flexibility index (Phi) is 6.75. The number of aromatic nitrogens is 4. The minimum absolute atomic E-state index is 0.0124. The lowest BCUT2D eigenvalue weighted by Gasteiger charge is -2.28. The van der Waals surface area contributed by atoms with Crippen LogP contribution in [0.25, 0.3) is 16.9 Å². The molecule has 3 aliphatic rings. The highest BCUT2D eigenvalue weighted by molar-refractivity contribution is 5.89. The minimum atomic E-state index is -2.80. The van der Waals surface area contributed by atoms with Crippen LogP contribution in [0, 0.1) is 5.92 Å². The van der Waals surface area contributed by atoms with Crippen LogP contribution in [0.5, 0.6) is 0 Å². The van der Waals surface area contributed by atoms with Crippen LogP contribution in [-0.4, -0.2) is 100 Å². The Morgan fingerprint density at radius 2 is 1.90 bits per heavy atom. The lowest BCUT2D eigenvalue weighted by atomic mass is 10.1. The van der Waals surface area contributed by atoms with Gasteiger partial charge in [0.05, 0.1) is 30.2 Å². The van der Waals surface area contributed by atoms with Crippen LogP contribution >= 0.6 is 0 Å². The maximum absolute atomic E-state index is 14.1. The molecule has 206 valence electrons. The number of imidazole rings is 1. The van der Waals surface area contributed by atoms with Crippen molar-refractivity contribution < 1.29 is 23.1 Å². The van der Waals surface area contributed by atoms with Crippen molar-refractivity contribution in [3.05, 3.63) is 36.2 Å². The van der Waals surface area contributed by atoms with Crippen LogP contribution < -0.4 is 10.2 Å². The van der Waals surface area contributed by atoms with Crippen molar-refractivity contribution in [2.24, 2.45) is 5.92 Å². The number of rotatable bonds is 6. The predicted octanol–water partition coefficient (Wildman–Crippen LogP) is 2.08. The fourth-order valence-electron chi connectivity index (χ4n) is 5.52. The van der Waals surface area contributed by atoms with Gasteiger partial charge in [-0.15, -0.1) is 0 Å². The zero-order valence-corrected chi connectivity index (χ0v) is 21.6. The first-order chi connectivity index (χ1) is 18.9. The maximum atomic E-state index is 14.1. The lowest BCUT2D eigenvalue weighted by molar-refractivity contribution is -0.134. The molecule has 1 N–H and O–H groups in total. The summed E-state index contributed by atoms with van der Waals surface area (Å²) in [6.45, 7) is 3.67. The number of fused-ring (bicyclic) bond motifs is 1. The van der Waals surface area contributed by atoms with Gasteiger partial charge in [-0.3, -0.25) is 14.2 Å². The van der Waals surface area contributed by atoms with Gasteiger partial charge >= 0.3 is 0 Å². The number of para-hydroxylation sites is 2. The topological polar surface area (TPSA) is 109 Å². The van der Waals surface area contributed by atoms with E-state index in [1.165, 1.54) is 4.57 Å². The van der Waals surface area contributed by atoms with Crippen molar-refractivity contribution >= 4 is 34.6 Å². The minimum Gasteiger partial charge on any atom is -0.378 e. The number of ether oxygens (including phenoxy) is 1. The number of morpholine rings is 1. The van der Waals surface area contributed by atoms with Gasteiger partial charge in [-0.2, -0.15) is 9.97 Å². The third-order valence-electron chi connectivity index (χ3n) is 7.55. The van der Waals surface area contributed by atoms with E-state index in [9.17, 15) is 18.4 Å². The zero-order chi connectivity index (χ0) is 27.1. The first-order valence-electron chi connectivity index (χ1n) is 13.1. The largest absolute Gasteiger partial charge is 0.378 e. The molecule has 0 radical (unpaired) electrons. The number of carbonyl (C=O) groups excluding carboxylic acids is 2. The second-order valence-electron chi connectivity index (χ2n) is 10.2. The van der Waals surface area contributed by atoms with Crippen molar-refractivity contribution in [2.45, 2.75) is 25.3 Å². The molecule has 6 rings (SSSR count). The molecule has 13 heteroatoms. The quantitative estimate of drug-likeness (QED) is 0.507. The highest BCUT2D eigenvalue weighted by atomic mass is 19.3. The third-order valence-corrected chi connectivity index (χ3v) is 7.55. The van der Waals surface area contributed by atoms with E-state index in [4.69, 9.17) is 9.72 Å². The summed E-state index contributed by atoms with van der Waals surface area (Å²) < 4.78 is 35.1. The molecule has 3 saturated heterocycles. The van der Waals surface area contributed by atoms with E-state index in [2.05, 4.69) is 15.3 Å². The summed E-state index contributed by atoms with van der Waals surface area (Å²) in [6.07, 6.45) is -1.86. The average molecular weight is 541 g/mol. The van der Waals surface area contributed by atoms with E-state index in [1.54, 1.807) is 47.2 Å². The van der Waals surface area contributed by atoms with Crippen molar-refractivity contribution in [3.63, 3.8) is 0 Å². The van der Waals surface area contributed by atoms with Gasteiger partial charge in [0.25, 0.3) is 6.43 Å². The molecule has 0 saturated carbocycles. The van der Waals surface area contributed by atoms with Crippen LogP contribution in [0.4, 0.5) is 20.5 Å². The molecular weight excluding hydrogens is 510 g/mol. The predicted molar refractivity (Wildman–Crippen MR) is 139 cm³/mol. The van der Waals surface area contributed by atoms with E-state index in [0.29, 0.717) is 75.2 Å². The van der Waals surface area contributed by atoms with Gasteiger partial charge in [0.2, 0.25) is 17.8 Å². The van der Waals surface area contributed by atoms with Gasteiger partial charge in [0.1, 0.15) is 11.6 Å². The van der Waals surface area contributed by atoms with Gasteiger partial charge in [0, 0.05) is 58.3 Å². The number of amides is 2. The first kappa shape index (κ1) is 25.4. The van der Waals surface area contributed by atoms with Crippen molar-refractivity contribution in [2.75, 3.05) is 63.2 Å². The molecule has 3 aromatic rings. The highest BCUT2D eigenvalue weighted by Gasteiger charge is 2.37. The molecule has 0 bridgehead atoms. The first-order valence-corrected chi connectivity index (χ1v) is 13.1. The number of anilines is 2. The van der Waals surface area contributed by atoms with Crippen LogP contribution in [0.15, 0.2) is 30.3 Å². The Morgan fingerprint density at radius 1 is 1.10 bits per heavy atom. The zero-order valence-electron chi connectivity index (χ0n) is 21.6. The Bertz CT molecular complexity index is 1390. The number of nitrogens with zero attached hydrogens (tertiary/aromatic N) is 7. The molecule has 5 heterocycles. The summed E-state index contributed by atoms with van der Waals surface area (Å²) >= 11 is 0. The van der Waals surface area contributed by atoms with Crippen molar-refractivity contribution in [1.29, 1.82) is 0 Å². The molecule has 0 spiro atoms. The molecule has 1 unspecified atom stereocenters. The summed E-state index contributed by atoms with van der Waals surface area (Å²) in [5, 5.41) is 3.41. The number of nitrogens with one attached hydrogen (secondary N) is 1. The fraction of sp³-hybridized carbons (Fsp3) is 0.500. The standard InChI is InChI=1S/C26H30F2N8O3/c1-33-14-16(12-22(33)37)25(38)35-7-6-17(15-35)29-20-13-21(32-26(31-20)34-8-10-39-11-9-34)36-19-5-3-2-4-18(19)30-24(36)23(27)28/h2-5,13,16-17,23H,6-12,14-15H2,1H3,(H,29,31,32)/t16?,17-/m0/s1. The smallest absolute Gasteiger partial charge is 0.296 e. The molecule has 3 fully saturated rings. The second-order valence-corrected chi connectivity index (χ2v) is 10.2. The van der Waals surface area contributed by atoms with Gasteiger partial charge < -0.3 is 24.8 Å². The van der Waals surface area contributed by atoms with Crippen LogP contribution in [0.1, 0.15) is 25.1 Å². The van der Waals surface area contributed by atoms with E-state index >= 15 is 0 Å². The number of benzene rings is 1. The molecule has 39 heavy (non-hydrogen) atoms. The second kappa shape index (κ2) is 10.4. The van der Waals surface area contributed by atoms with Gasteiger partial charge in [-0.05, 0) is 18.6 Å². The number of likely N-dealkylation sites (tertiary alicyclic amines) is 2. The van der Waals surface area contributed by atoms with Gasteiger partial charge in [-0.25, -0.2) is 13.8 Å². The molecule has 1 aromatic carbocycles. The average Bonchev–Trinajstić information content (AvgIpc) is 3.66. The Balaban J connectivity index is 1.30. The molecular formula is C26H30F2N8O3. The molecule has 2 amide bonds. The normalized spacial score (nSPS) is 21.9. The summed E-state index contributed by atoms with van der Waals surface area (Å²) in [4.78, 5) is 43.9. The van der Waals surface area contributed by atoms with Crippen molar-refractivity contribution in [3.8, 4) is 5.82 Å². The van der Waals surface area contributed by atoms with E-state index < -0.39 is 6.43 Å². The van der Waals surface area contributed by atoms with Crippen molar-refractivity contribution in [1.82, 2.24) is 29.3 Å². The fourth-order valence-corrected chi connectivity index (χ4v) is 5.52. The monoisotopic (exact) mass is 540 g/mol. The van der Waals surface area contributed by atoms with Crippen LogP contribution in [-0.2, 0) is 14.3 Å². The summed E-state index contributed by atoms with van der Waals surface area (Å²) in [7, 11) is 1.71. The number of halogens is 2. The van der Waals surface area contributed by atoms with E-state index in [0.717, 1.165) is 0 Å². The Hall–Kier alpha value is -3.87. The van der Waals surface area contributed by atoms with Gasteiger partial charge in [0.15, 0.2) is 5.82 Å². The highest BCUT2D eigenvalue weighted by Crippen LogP contribution is 2.30. The number of hydrogen-bond acceptors (Lipinski definition) is 8. The van der Waals surface area contributed by atoms with Crippen LogP contribution in [0.2, 0.25) is 0 Å². The lowest BCUT2D eigenvalue weighted by Crippen LogP contribution is -2.38.